The number of nitrogens with one attached hydrogen (secondary N) is 2. The van der Waals surface area contributed by atoms with Gasteiger partial charge in [-0.3, -0.25) is 57.7 Å². The van der Waals surface area contributed by atoms with Crippen LogP contribution in [0, 0.1) is 0 Å². The van der Waals surface area contributed by atoms with Crippen LogP contribution in [0.3, 0.4) is 0 Å². The van der Waals surface area contributed by atoms with Crippen LogP contribution in [0.2, 0.25) is 0 Å². The molecule has 0 bridgehead atoms. The minimum atomic E-state index is -1.23. The molecule has 0 aromatic rings. The van der Waals surface area contributed by atoms with Crippen molar-refractivity contribution in [2.75, 3.05) is 85.1 Å². The van der Waals surface area contributed by atoms with Gasteiger partial charge in [-0.2, -0.15) is 0 Å². The van der Waals surface area contributed by atoms with Crippen LogP contribution in [0.5, 0.6) is 0 Å². The maximum atomic E-state index is 10.6. The fraction of sp³-hybridized carbons (Fsp3) is 0.643. The molecular formula is C28H59N7O20. The molecule has 0 aliphatic rings. The lowest BCUT2D eigenvalue weighted by molar-refractivity contribution is -0.145. The summed E-state index contributed by atoms with van der Waals surface area (Å²) in [6.07, 6.45) is 0. The highest BCUT2D eigenvalue weighted by atomic mass is 16.4. The third-order valence-electron chi connectivity index (χ3n) is 3.41. The lowest BCUT2D eigenvalue weighted by Gasteiger charge is -2.23. The predicted molar refractivity (Wildman–Crippen MR) is 191 cm³/mol. The number of carboxylic acid groups (broad SMARTS) is 10. The van der Waals surface area contributed by atoms with Gasteiger partial charge in [0.2, 0.25) is 0 Å². The maximum absolute atomic E-state index is 10.6. The Kier molecular flexibility index (Phi) is 64.8. The number of aliphatic carboxylic acids is 10. The Morgan fingerprint density at radius 3 is 0.709 bits per heavy atom. The smallest absolute Gasteiger partial charge is 0.317 e. The van der Waals surface area contributed by atoms with E-state index in [2.05, 4.69) is 10.6 Å². The molecule has 0 radical (unpaired) electrons. The Balaban J connectivity index is -0.0000000870. The molecule has 55 heavy (non-hydrogen) atoms. The molecule has 0 aliphatic heterocycles. The summed E-state index contributed by atoms with van der Waals surface area (Å²) in [7, 11) is 0. The fourth-order valence-electron chi connectivity index (χ4n) is 2.10. The third kappa shape index (κ3) is 175. The lowest BCUT2D eigenvalue weighted by atomic mass is 10.4. The molecule has 0 saturated carbocycles. The van der Waals surface area contributed by atoms with Gasteiger partial charge in [0.25, 0.3) is 29.8 Å². The van der Waals surface area contributed by atoms with E-state index in [0.717, 1.165) is 57.5 Å². The summed E-state index contributed by atoms with van der Waals surface area (Å²) in [6, 6.07) is 0. The minimum Gasteiger partial charge on any atom is -0.481 e. The van der Waals surface area contributed by atoms with E-state index < -0.39 is 85.9 Å². The molecule has 18 N–H and O–H groups in total. The van der Waals surface area contributed by atoms with Gasteiger partial charge in [-0.25, -0.2) is 0 Å². The van der Waals surface area contributed by atoms with Gasteiger partial charge in [0.05, 0.1) is 32.7 Å². The van der Waals surface area contributed by atoms with Crippen molar-refractivity contribution in [2.45, 2.75) is 34.6 Å². The summed E-state index contributed by atoms with van der Waals surface area (Å²) in [5.41, 5.74) is 15.4. The SMILES string of the molecule is CC(=O)O.CC(=O)O.CC(=O)O.CC(=O)O.CC(=O)O.NCCNCC(=O)O.NCCNCCN.O=C(O)CN(CCN(CC(=O)O)CC(=O)O)CC(=O)O. The van der Waals surface area contributed by atoms with Gasteiger partial charge in [-0.15, -0.1) is 0 Å². The molecular weight excluding hydrogens is 754 g/mol. The summed E-state index contributed by atoms with van der Waals surface area (Å²) in [5.74, 6) is -9.93. The van der Waals surface area contributed by atoms with E-state index in [9.17, 15) is 24.0 Å². The second-order valence-electron chi connectivity index (χ2n) is 9.28. The third-order valence-corrected chi connectivity index (χ3v) is 3.41. The molecule has 0 aliphatic carbocycles. The largest absolute Gasteiger partial charge is 0.481 e. The molecule has 0 fully saturated rings. The fourth-order valence-corrected chi connectivity index (χ4v) is 2.10. The summed E-state index contributed by atoms with van der Waals surface area (Å²) < 4.78 is 0. The monoisotopic (exact) mass is 813 g/mol. The molecule has 0 unspecified atom stereocenters. The first-order valence-electron chi connectivity index (χ1n) is 15.1. The quantitative estimate of drug-likeness (QED) is 0.0546. The number of nitrogens with two attached hydrogens (primary N) is 3. The van der Waals surface area contributed by atoms with Gasteiger partial charge in [-0.05, 0) is 0 Å². The molecule has 326 valence electrons. The van der Waals surface area contributed by atoms with Crippen LogP contribution in [0.25, 0.3) is 0 Å². The Morgan fingerprint density at radius 2 is 0.564 bits per heavy atom. The van der Waals surface area contributed by atoms with Crippen molar-refractivity contribution < 1.29 is 99.0 Å². The molecule has 0 spiro atoms. The van der Waals surface area contributed by atoms with Crippen LogP contribution in [0.15, 0.2) is 0 Å². The van der Waals surface area contributed by atoms with Crippen LogP contribution < -0.4 is 27.8 Å². The molecule has 0 amide bonds. The highest BCUT2D eigenvalue weighted by Gasteiger charge is 2.18. The molecule has 0 rings (SSSR count). The maximum Gasteiger partial charge on any atom is 0.317 e. The van der Waals surface area contributed by atoms with E-state index in [1.807, 2.05) is 0 Å². The van der Waals surface area contributed by atoms with E-state index in [1.165, 1.54) is 0 Å². The van der Waals surface area contributed by atoms with Crippen molar-refractivity contribution in [3.63, 3.8) is 0 Å². The molecule has 0 saturated heterocycles. The topological polar surface area (TPSA) is 482 Å². The highest BCUT2D eigenvalue weighted by Crippen LogP contribution is 1.94. The molecule has 27 nitrogen and oxygen atoms in total. The highest BCUT2D eigenvalue weighted by molar-refractivity contribution is 5.73. The summed E-state index contributed by atoms with van der Waals surface area (Å²) >= 11 is 0. The number of hydrogen-bond donors (Lipinski definition) is 15. The molecule has 0 atom stereocenters. The second kappa shape index (κ2) is 52.8. The summed E-state index contributed by atoms with van der Waals surface area (Å²) in [4.78, 5) is 99.1. The Labute approximate surface area is 316 Å². The Morgan fingerprint density at radius 1 is 0.382 bits per heavy atom. The summed E-state index contributed by atoms with van der Waals surface area (Å²) in [6.45, 7) is 7.34. The van der Waals surface area contributed by atoms with E-state index >= 15 is 0 Å². The van der Waals surface area contributed by atoms with Crippen LogP contribution in [-0.4, -0.2) is 206 Å². The zero-order valence-electron chi connectivity index (χ0n) is 31.4. The predicted octanol–water partition coefficient (Wildman–Crippen LogP) is -4.50. The first kappa shape index (κ1) is 67.5. The second-order valence-corrected chi connectivity index (χ2v) is 9.28. The molecule has 27 heteroatoms. The average Bonchev–Trinajstić information content (AvgIpc) is 2.94. The number of hydrogen-bond acceptors (Lipinski definition) is 17. The number of carboxylic acids is 10. The van der Waals surface area contributed by atoms with Crippen LogP contribution in [0.4, 0.5) is 0 Å². The number of rotatable bonds is 19. The standard InChI is InChI=1S/C10H16N2O8.C4H13N3.C4H10N2O2.5C2H4O2/c13-7(14)3-11(4-8(15)16)1-2-12(5-9(17)18)6-10(19)20;5-1-3-7-4-2-6;5-1-2-6-3-4(7)8;5*1-2(3)4/h1-6H2,(H,13,14)(H,15,16)(H,17,18)(H,19,20);7H,1-6H2;6H,1-3,5H2,(H,7,8);5*1H3,(H,3,4). The van der Waals surface area contributed by atoms with Gasteiger partial charge >= 0.3 is 29.8 Å². The van der Waals surface area contributed by atoms with E-state index in [0.29, 0.717) is 26.2 Å². The molecule has 0 aromatic heterocycles. The number of nitrogens with zero attached hydrogens (tertiary/aromatic N) is 2. The van der Waals surface area contributed by atoms with Gasteiger partial charge in [-0.1, -0.05) is 0 Å². The minimum absolute atomic E-state index is 0.00278. The van der Waals surface area contributed by atoms with Crippen molar-refractivity contribution in [3.8, 4) is 0 Å². The van der Waals surface area contributed by atoms with Crippen molar-refractivity contribution in [1.82, 2.24) is 20.4 Å². The Bertz CT molecular complexity index is 903. The van der Waals surface area contributed by atoms with E-state index in [1.54, 1.807) is 0 Å². The normalized spacial score (nSPS) is 8.69. The van der Waals surface area contributed by atoms with Gasteiger partial charge < -0.3 is 78.9 Å². The van der Waals surface area contributed by atoms with Gasteiger partial charge in [0, 0.05) is 87.0 Å². The van der Waals surface area contributed by atoms with E-state index in [-0.39, 0.29) is 19.6 Å². The lowest BCUT2D eigenvalue weighted by Crippen LogP contribution is -2.43. The molecule has 0 aromatic carbocycles. The van der Waals surface area contributed by atoms with Gasteiger partial charge in [0.15, 0.2) is 0 Å². The van der Waals surface area contributed by atoms with E-state index in [4.69, 9.17) is 92.2 Å². The van der Waals surface area contributed by atoms with Crippen molar-refractivity contribution in [3.05, 3.63) is 0 Å². The van der Waals surface area contributed by atoms with Crippen LogP contribution >= 0.6 is 0 Å². The van der Waals surface area contributed by atoms with Crippen molar-refractivity contribution in [1.29, 1.82) is 0 Å². The van der Waals surface area contributed by atoms with Crippen LogP contribution in [0.1, 0.15) is 34.6 Å². The average molecular weight is 814 g/mol. The number of carbonyl (C=O) groups is 10. The van der Waals surface area contributed by atoms with Crippen molar-refractivity contribution >= 4 is 59.7 Å². The Hall–Kier alpha value is -5.58. The zero-order chi connectivity index (χ0) is 45.5. The van der Waals surface area contributed by atoms with Crippen LogP contribution in [-0.2, 0) is 47.9 Å². The molecule has 0 heterocycles. The summed E-state index contributed by atoms with van der Waals surface area (Å²) in [5, 5.41) is 85.2. The van der Waals surface area contributed by atoms with Crippen molar-refractivity contribution in [2.24, 2.45) is 17.2 Å². The first-order valence-corrected chi connectivity index (χ1v) is 15.1. The first-order chi connectivity index (χ1) is 25.0. The van der Waals surface area contributed by atoms with Gasteiger partial charge in [0.1, 0.15) is 0 Å². The zero-order valence-corrected chi connectivity index (χ0v) is 31.4.